The highest BCUT2D eigenvalue weighted by molar-refractivity contribution is 6.09. The van der Waals surface area contributed by atoms with Crippen LogP contribution < -0.4 is 5.32 Å². The number of fused-ring (bicyclic) bond motifs is 1. The molecule has 3 aromatic heterocycles. The second-order valence-corrected chi connectivity index (χ2v) is 7.44. The Kier molecular flexibility index (Phi) is 4.12. The van der Waals surface area contributed by atoms with Crippen molar-refractivity contribution in [2.45, 2.75) is 26.2 Å². The van der Waals surface area contributed by atoms with Crippen molar-refractivity contribution in [2.75, 3.05) is 5.32 Å². The fourth-order valence-electron chi connectivity index (χ4n) is 3.38. The van der Waals surface area contributed by atoms with Gasteiger partial charge in [0.05, 0.1) is 22.8 Å². The Morgan fingerprint density at radius 3 is 3.03 bits per heavy atom. The van der Waals surface area contributed by atoms with Gasteiger partial charge in [-0.3, -0.25) is 9.89 Å². The number of amides is 1. The van der Waals surface area contributed by atoms with Gasteiger partial charge in [0, 0.05) is 18.3 Å². The minimum Gasteiger partial charge on any atom is -0.322 e. The van der Waals surface area contributed by atoms with Crippen LogP contribution in [0, 0.1) is 18.7 Å². The number of anilines is 1. The lowest BCUT2D eigenvalue weighted by Crippen LogP contribution is -2.13. The summed E-state index contributed by atoms with van der Waals surface area (Å²) < 4.78 is 16.2. The maximum atomic E-state index is 14.6. The summed E-state index contributed by atoms with van der Waals surface area (Å²) in [6.07, 6.45) is 6.53. The zero-order chi connectivity index (χ0) is 20.0. The van der Waals surface area contributed by atoms with Gasteiger partial charge in [-0.15, -0.1) is 0 Å². The second-order valence-electron chi connectivity index (χ2n) is 7.44. The number of rotatable bonds is 5. The first kappa shape index (κ1) is 17.5. The van der Waals surface area contributed by atoms with Gasteiger partial charge in [0.2, 0.25) is 0 Å². The first-order chi connectivity index (χ1) is 14.1. The van der Waals surface area contributed by atoms with E-state index in [0.717, 1.165) is 12.2 Å². The van der Waals surface area contributed by atoms with E-state index in [9.17, 15) is 9.18 Å². The fourth-order valence-corrected chi connectivity index (χ4v) is 3.38. The van der Waals surface area contributed by atoms with Gasteiger partial charge >= 0.3 is 0 Å². The average molecular weight is 390 g/mol. The molecule has 0 aliphatic heterocycles. The highest BCUT2D eigenvalue weighted by Crippen LogP contribution is 2.32. The van der Waals surface area contributed by atoms with Gasteiger partial charge in [-0.25, -0.2) is 13.9 Å². The van der Waals surface area contributed by atoms with E-state index < -0.39 is 5.82 Å². The number of H-pyrrole nitrogens is 1. The van der Waals surface area contributed by atoms with Crippen LogP contribution in [-0.4, -0.2) is 30.7 Å². The number of hydrogen-bond donors (Lipinski definition) is 2. The molecular formula is C21H19FN6O. The molecule has 0 saturated heterocycles. The third kappa shape index (κ3) is 3.37. The first-order valence-electron chi connectivity index (χ1n) is 9.54. The van der Waals surface area contributed by atoms with Crippen molar-refractivity contribution in [1.82, 2.24) is 24.8 Å². The van der Waals surface area contributed by atoms with Crippen LogP contribution in [0.15, 0.2) is 42.7 Å². The number of aromatic nitrogens is 5. The molecule has 1 saturated carbocycles. The monoisotopic (exact) mass is 390 g/mol. The number of carbonyl (C=O) groups is 1. The maximum Gasteiger partial charge on any atom is 0.259 e. The summed E-state index contributed by atoms with van der Waals surface area (Å²) in [5.74, 6) is 0.980. The molecule has 4 aromatic rings. The van der Waals surface area contributed by atoms with Crippen LogP contribution in [0.3, 0.4) is 0 Å². The van der Waals surface area contributed by atoms with Crippen molar-refractivity contribution < 1.29 is 9.18 Å². The van der Waals surface area contributed by atoms with Crippen LogP contribution in [0.4, 0.5) is 10.1 Å². The third-order valence-corrected chi connectivity index (χ3v) is 5.18. The van der Waals surface area contributed by atoms with Crippen molar-refractivity contribution in [3.63, 3.8) is 0 Å². The molecular weight excluding hydrogens is 371 g/mol. The van der Waals surface area contributed by atoms with Gasteiger partial charge < -0.3 is 5.32 Å². The van der Waals surface area contributed by atoms with Crippen molar-refractivity contribution in [3.05, 3.63) is 65.5 Å². The van der Waals surface area contributed by atoms with E-state index in [2.05, 4.69) is 25.6 Å². The molecule has 146 valence electrons. The van der Waals surface area contributed by atoms with Crippen LogP contribution >= 0.6 is 0 Å². The van der Waals surface area contributed by atoms with Crippen LogP contribution in [0.5, 0.6) is 0 Å². The number of halogens is 1. The first-order valence-corrected chi connectivity index (χ1v) is 9.54. The normalized spacial score (nSPS) is 13.7. The Morgan fingerprint density at radius 1 is 1.34 bits per heavy atom. The lowest BCUT2D eigenvalue weighted by atomic mass is 10.1. The molecule has 3 heterocycles. The van der Waals surface area contributed by atoms with Gasteiger partial charge in [0.15, 0.2) is 5.82 Å². The van der Waals surface area contributed by atoms with Crippen molar-refractivity contribution in [2.24, 2.45) is 5.92 Å². The largest absolute Gasteiger partial charge is 0.322 e. The molecule has 8 heteroatoms. The molecule has 1 aromatic carbocycles. The molecule has 0 spiro atoms. The zero-order valence-electron chi connectivity index (χ0n) is 15.8. The summed E-state index contributed by atoms with van der Waals surface area (Å²) >= 11 is 0. The molecule has 0 atom stereocenters. The predicted molar refractivity (Wildman–Crippen MR) is 106 cm³/mol. The summed E-state index contributed by atoms with van der Waals surface area (Å²) in [5.41, 5.74) is 2.52. The number of aromatic amines is 1. The van der Waals surface area contributed by atoms with E-state index in [1.54, 1.807) is 23.7 Å². The smallest absolute Gasteiger partial charge is 0.259 e. The van der Waals surface area contributed by atoms with E-state index in [0.29, 0.717) is 34.1 Å². The minimum absolute atomic E-state index is 0.254. The SMILES string of the molecule is Cc1cc(F)c(-c2n[nH]c(CC3CC3)n2)cc1NC(=O)c1cnn2ccccc12. The molecule has 0 radical (unpaired) electrons. The summed E-state index contributed by atoms with van der Waals surface area (Å²) in [5, 5.41) is 14.1. The highest BCUT2D eigenvalue weighted by Gasteiger charge is 2.24. The van der Waals surface area contributed by atoms with Crippen molar-refractivity contribution in [1.29, 1.82) is 0 Å². The number of nitrogens with zero attached hydrogens (tertiary/aromatic N) is 4. The van der Waals surface area contributed by atoms with Crippen LogP contribution in [-0.2, 0) is 6.42 Å². The van der Waals surface area contributed by atoms with E-state index >= 15 is 0 Å². The number of nitrogens with one attached hydrogen (secondary N) is 2. The van der Waals surface area contributed by atoms with E-state index in [1.165, 1.54) is 25.1 Å². The molecule has 1 aliphatic carbocycles. The average Bonchev–Trinajstić information content (AvgIpc) is 3.23. The lowest BCUT2D eigenvalue weighted by molar-refractivity contribution is 0.102. The molecule has 29 heavy (non-hydrogen) atoms. The summed E-state index contributed by atoms with van der Waals surface area (Å²) in [6, 6.07) is 8.47. The molecule has 0 bridgehead atoms. The topological polar surface area (TPSA) is 88.0 Å². The number of aryl methyl sites for hydroxylation is 1. The molecule has 1 amide bonds. The lowest BCUT2D eigenvalue weighted by Gasteiger charge is -2.10. The number of benzene rings is 1. The Bertz CT molecular complexity index is 1220. The van der Waals surface area contributed by atoms with Crippen LogP contribution in [0.1, 0.15) is 34.6 Å². The van der Waals surface area contributed by atoms with Crippen molar-refractivity contribution >= 4 is 17.1 Å². The summed E-state index contributed by atoms with van der Waals surface area (Å²) in [7, 11) is 0. The van der Waals surface area contributed by atoms with E-state index in [-0.39, 0.29) is 11.5 Å². The zero-order valence-corrected chi connectivity index (χ0v) is 15.8. The predicted octanol–water partition coefficient (Wildman–Crippen LogP) is 3.77. The molecule has 2 N–H and O–H groups in total. The maximum absolute atomic E-state index is 14.6. The summed E-state index contributed by atoms with van der Waals surface area (Å²) in [6.45, 7) is 1.75. The Hall–Kier alpha value is -3.55. The highest BCUT2D eigenvalue weighted by atomic mass is 19.1. The third-order valence-electron chi connectivity index (χ3n) is 5.18. The molecule has 0 unspecified atom stereocenters. The van der Waals surface area contributed by atoms with E-state index in [1.807, 2.05) is 18.2 Å². The van der Waals surface area contributed by atoms with Crippen molar-refractivity contribution in [3.8, 4) is 11.4 Å². The van der Waals surface area contributed by atoms with Gasteiger partial charge in [-0.1, -0.05) is 6.07 Å². The molecule has 7 nitrogen and oxygen atoms in total. The number of hydrogen-bond acceptors (Lipinski definition) is 4. The molecule has 1 aliphatic rings. The number of pyridine rings is 1. The standard InChI is InChI=1S/C21H19FN6O/c1-12-8-16(22)14(20-25-19(26-27-20)9-13-5-6-13)10-17(12)24-21(29)15-11-23-28-7-3-2-4-18(15)28/h2-4,7-8,10-11,13H,5-6,9H2,1H3,(H,24,29)(H,25,26,27). The molecule has 5 rings (SSSR count). The quantitative estimate of drug-likeness (QED) is 0.543. The Labute approximate surface area is 166 Å². The second kappa shape index (κ2) is 6.80. The molecule has 1 fully saturated rings. The van der Waals surface area contributed by atoms with E-state index in [4.69, 9.17) is 0 Å². The Balaban J connectivity index is 1.44. The Morgan fingerprint density at radius 2 is 2.21 bits per heavy atom. The van der Waals surface area contributed by atoms with Crippen LogP contribution in [0.25, 0.3) is 16.9 Å². The van der Waals surface area contributed by atoms with Gasteiger partial charge in [0.25, 0.3) is 5.91 Å². The van der Waals surface area contributed by atoms with Gasteiger partial charge in [0.1, 0.15) is 11.6 Å². The van der Waals surface area contributed by atoms with Gasteiger partial charge in [-0.05, 0) is 55.5 Å². The fraction of sp³-hybridized carbons (Fsp3) is 0.238. The summed E-state index contributed by atoms with van der Waals surface area (Å²) in [4.78, 5) is 17.2. The van der Waals surface area contributed by atoms with Crippen LogP contribution in [0.2, 0.25) is 0 Å². The van der Waals surface area contributed by atoms with Gasteiger partial charge in [-0.2, -0.15) is 10.2 Å². The minimum atomic E-state index is -0.423. The number of carbonyl (C=O) groups excluding carboxylic acids is 1.